The molecule has 0 aromatic carbocycles. The molecule has 0 aromatic heterocycles. The molecule has 1 aliphatic heterocycles. The lowest BCUT2D eigenvalue weighted by Gasteiger charge is -2.32. The van der Waals surface area contributed by atoms with Crippen LogP contribution in [0.15, 0.2) is 0 Å². The normalized spacial score (nSPS) is 34.2. The Balaban J connectivity index is 2.56. The summed E-state index contributed by atoms with van der Waals surface area (Å²) >= 11 is 0. The van der Waals surface area contributed by atoms with Crippen LogP contribution in [0.4, 0.5) is 0 Å². The first kappa shape index (κ1) is 11.0. The molecule has 1 saturated heterocycles. The lowest BCUT2D eigenvalue weighted by atomic mass is 9.81. The first-order chi connectivity index (χ1) is 6.08. The molecule has 1 fully saturated rings. The Bertz CT molecular complexity index is 160. The van der Waals surface area contributed by atoms with Gasteiger partial charge in [0.25, 0.3) is 0 Å². The van der Waals surface area contributed by atoms with Crippen LogP contribution in [0, 0.1) is 5.92 Å². The minimum Gasteiger partial charge on any atom is -0.390 e. The van der Waals surface area contributed by atoms with Crippen LogP contribution < -0.4 is 0 Å². The fourth-order valence-corrected chi connectivity index (χ4v) is 2.15. The molecular weight excluding hydrogens is 162 g/mol. The van der Waals surface area contributed by atoms with Crippen LogP contribution >= 0.6 is 0 Å². The molecule has 0 bridgehead atoms. The largest absolute Gasteiger partial charge is 0.390 e. The van der Waals surface area contributed by atoms with Crippen LogP contribution in [-0.2, 0) is 0 Å². The monoisotopic (exact) mass is 185 g/mol. The minimum absolute atomic E-state index is 0.389. The second-order valence-corrected chi connectivity index (χ2v) is 4.57. The van der Waals surface area contributed by atoms with Crippen molar-refractivity contribution < 1.29 is 5.11 Å². The maximum Gasteiger partial charge on any atom is 0.0685 e. The maximum absolute atomic E-state index is 10.4. The van der Waals surface area contributed by atoms with Gasteiger partial charge in [-0.25, -0.2) is 0 Å². The van der Waals surface area contributed by atoms with Crippen molar-refractivity contribution in [2.75, 3.05) is 20.1 Å². The summed E-state index contributed by atoms with van der Waals surface area (Å²) in [6.07, 6.45) is 4.14. The van der Waals surface area contributed by atoms with Crippen molar-refractivity contribution in [3.05, 3.63) is 0 Å². The first-order valence-corrected chi connectivity index (χ1v) is 5.49. The van der Waals surface area contributed by atoms with Gasteiger partial charge in [0.2, 0.25) is 0 Å². The third kappa shape index (κ3) is 2.68. The third-order valence-corrected chi connectivity index (χ3v) is 3.61. The quantitative estimate of drug-likeness (QED) is 0.710. The Hall–Kier alpha value is -0.0800. The Morgan fingerprint density at radius 1 is 1.38 bits per heavy atom. The van der Waals surface area contributed by atoms with Gasteiger partial charge in [0, 0.05) is 6.54 Å². The van der Waals surface area contributed by atoms with E-state index < -0.39 is 0 Å². The van der Waals surface area contributed by atoms with E-state index in [1.54, 1.807) is 0 Å². The number of aliphatic hydroxyl groups is 1. The van der Waals surface area contributed by atoms with E-state index in [4.69, 9.17) is 0 Å². The van der Waals surface area contributed by atoms with Gasteiger partial charge < -0.3 is 10.0 Å². The van der Waals surface area contributed by atoms with Crippen LogP contribution in [-0.4, -0.2) is 35.7 Å². The van der Waals surface area contributed by atoms with E-state index in [-0.39, 0.29) is 5.60 Å². The van der Waals surface area contributed by atoms with Crippen molar-refractivity contribution in [2.24, 2.45) is 5.92 Å². The molecule has 78 valence electrons. The summed E-state index contributed by atoms with van der Waals surface area (Å²) < 4.78 is 0. The Morgan fingerprint density at radius 2 is 2.08 bits per heavy atom. The average molecular weight is 185 g/mol. The van der Waals surface area contributed by atoms with Crippen molar-refractivity contribution >= 4 is 0 Å². The highest BCUT2D eigenvalue weighted by Crippen LogP contribution is 2.31. The van der Waals surface area contributed by atoms with Crippen LogP contribution in [0.5, 0.6) is 0 Å². The number of nitrogens with zero attached hydrogens (tertiary/aromatic N) is 1. The summed E-state index contributed by atoms with van der Waals surface area (Å²) in [4.78, 5) is 2.32. The van der Waals surface area contributed by atoms with Gasteiger partial charge in [0.1, 0.15) is 0 Å². The first-order valence-electron chi connectivity index (χ1n) is 5.49. The van der Waals surface area contributed by atoms with Gasteiger partial charge in [0.05, 0.1) is 5.60 Å². The minimum atomic E-state index is -0.389. The zero-order valence-corrected chi connectivity index (χ0v) is 9.21. The Morgan fingerprint density at radius 3 is 2.69 bits per heavy atom. The van der Waals surface area contributed by atoms with Crippen molar-refractivity contribution in [3.63, 3.8) is 0 Å². The second-order valence-electron chi connectivity index (χ2n) is 4.57. The molecule has 2 unspecified atom stereocenters. The fraction of sp³-hybridized carbons (Fsp3) is 1.00. The van der Waals surface area contributed by atoms with Crippen molar-refractivity contribution in [1.29, 1.82) is 0 Å². The van der Waals surface area contributed by atoms with Gasteiger partial charge in [-0.05, 0) is 38.8 Å². The molecule has 1 N–H and O–H groups in total. The predicted molar refractivity (Wildman–Crippen MR) is 55.8 cm³/mol. The lowest BCUT2D eigenvalue weighted by Crippen LogP contribution is -2.37. The zero-order chi connectivity index (χ0) is 9.90. The van der Waals surface area contributed by atoms with Crippen molar-refractivity contribution in [2.45, 2.75) is 45.1 Å². The van der Waals surface area contributed by atoms with Gasteiger partial charge >= 0.3 is 0 Å². The van der Waals surface area contributed by atoms with Crippen LogP contribution in [0.25, 0.3) is 0 Å². The molecule has 0 radical (unpaired) electrons. The topological polar surface area (TPSA) is 23.5 Å². The number of hydrogen-bond donors (Lipinski definition) is 1. The van der Waals surface area contributed by atoms with E-state index in [9.17, 15) is 5.11 Å². The molecule has 1 heterocycles. The lowest BCUT2D eigenvalue weighted by molar-refractivity contribution is -0.0255. The summed E-state index contributed by atoms with van der Waals surface area (Å²) in [6, 6.07) is 0. The van der Waals surface area contributed by atoms with Crippen LogP contribution in [0.1, 0.15) is 39.5 Å². The number of rotatable bonds is 2. The van der Waals surface area contributed by atoms with E-state index >= 15 is 0 Å². The Labute approximate surface area is 81.9 Å². The predicted octanol–water partition coefficient (Wildman–Crippen LogP) is 1.88. The molecule has 1 aliphatic rings. The van der Waals surface area contributed by atoms with E-state index in [1.165, 1.54) is 0 Å². The summed E-state index contributed by atoms with van der Waals surface area (Å²) in [5, 5.41) is 10.4. The van der Waals surface area contributed by atoms with E-state index in [0.717, 1.165) is 38.8 Å². The van der Waals surface area contributed by atoms with Crippen molar-refractivity contribution in [1.82, 2.24) is 4.90 Å². The fourth-order valence-electron chi connectivity index (χ4n) is 2.15. The molecule has 0 saturated carbocycles. The maximum atomic E-state index is 10.4. The third-order valence-electron chi connectivity index (χ3n) is 3.61. The smallest absolute Gasteiger partial charge is 0.0685 e. The van der Waals surface area contributed by atoms with Crippen LogP contribution in [0.2, 0.25) is 0 Å². The van der Waals surface area contributed by atoms with E-state index in [0.29, 0.717) is 5.92 Å². The van der Waals surface area contributed by atoms with Gasteiger partial charge in [-0.15, -0.1) is 0 Å². The van der Waals surface area contributed by atoms with Gasteiger partial charge in [-0.2, -0.15) is 0 Å². The molecule has 0 spiro atoms. The zero-order valence-electron chi connectivity index (χ0n) is 9.21. The summed E-state index contributed by atoms with van der Waals surface area (Å²) in [5.74, 6) is 0.444. The molecule has 2 nitrogen and oxygen atoms in total. The molecule has 13 heavy (non-hydrogen) atoms. The average Bonchev–Trinajstić information content (AvgIpc) is 2.28. The Kier molecular flexibility index (Phi) is 3.74. The molecule has 2 heteroatoms. The van der Waals surface area contributed by atoms with Gasteiger partial charge in [-0.3, -0.25) is 0 Å². The van der Waals surface area contributed by atoms with Gasteiger partial charge in [0.15, 0.2) is 0 Å². The molecule has 0 aromatic rings. The highest BCUT2D eigenvalue weighted by Gasteiger charge is 2.33. The van der Waals surface area contributed by atoms with Crippen LogP contribution in [0.3, 0.4) is 0 Å². The number of likely N-dealkylation sites (tertiary alicyclic amines) is 1. The molecule has 0 amide bonds. The molecule has 0 aliphatic carbocycles. The summed E-state index contributed by atoms with van der Waals surface area (Å²) in [6.45, 7) is 6.52. The molecule has 2 atom stereocenters. The van der Waals surface area contributed by atoms with E-state index in [1.807, 2.05) is 0 Å². The van der Waals surface area contributed by atoms with Gasteiger partial charge in [-0.1, -0.05) is 20.3 Å². The second kappa shape index (κ2) is 4.43. The van der Waals surface area contributed by atoms with Crippen molar-refractivity contribution in [3.8, 4) is 0 Å². The summed E-state index contributed by atoms with van der Waals surface area (Å²) in [5.41, 5.74) is -0.389. The number of hydrogen-bond acceptors (Lipinski definition) is 2. The molecule has 1 rings (SSSR count). The SMILES string of the molecule is CCC(C)C1(O)CCCN(C)CC1. The highest BCUT2D eigenvalue weighted by molar-refractivity contribution is 4.86. The molecular formula is C11H23NO. The highest BCUT2D eigenvalue weighted by atomic mass is 16.3. The summed E-state index contributed by atoms with van der Waals surface area (Å²) in [7, 11) is 2.14. The standard InChI is InChI=1S/C11H23NO/c1-4-10(2)11(13)6-5-8-12(3)9-7-11/h10,13H,4-9H2,1-3H3. The van der Waals surface area contributed by atoms with E-state index in [2.05, 4.69) is 25.8 Å².